The first-order chi connectivity index (χ1) is 6.36. The van der Waals surface area contributed by atoms with Crippen LogP contribution in [0.4, 0.5) is 4.39 Å². The summed E-state index contributed by atoms with van der Waals surface area (Å²) in [5.41, 5.74) is 0. The van der Waals surface area contributed by atoms with E-state index in [1.807, 2.05) is 0 Å². The number of benzene rings is 1. The van der Waals surface area contributed by atoms with Gasteiger partial charge in [0.05, 0.1) is 6.61 Å². The van der Waals surface area contributed by atoms with E-state index in [0.717, 1.165) is 12.3 Å². The molecule has 1 saturated carbocycles. The molecule has 0 unspecified atom stereocenters. The first kappa shape index (κ1) is 8.54. The number of hydrogen-bond donors (Lipinski definition) is 0. The lowest BCUT2D eigenvalue weighted by molar-refractivity contribution is 0.288. The topological polar surface area (TPSA) is 9.23 Å². The smallest absolute Gasteiger partial charge is 0.165 e. The predicted octanol–water partition coefficient (Wildman–Crippen LogP) is 3.00. The molecule has 2 heteroatoms. The van der Waals surface area contributed by atoms with Crippen LogP contribution in [-0.4, -0.2) is 6.61 Å². The van der Waals surface area contributed by atoms with Gasteiger partial charge in [0.2, 0.25) is 0 Å². The zero-order valence-electron chi connectivity index (χ0n) is 7.50. The molecule has 0 N–H and O–H groups in total. The van der Waals surface area contributed by atoms with Gasteiger partial charge in [0, 0.05) is 0 Å². The normalized spacial score (nSPS) is 15.8. The van der Waals surface area contributed by atoms with Crippen molar-refractivity contribution in [2.24, 2.45) is 5.92 Å². The Bertz CT molecular complexity index is 281. The van der Waals surface area contributed by atoms with Crippen LogP contribution < -0.4 is 4.74 Å². The summed E-state index contributed by atoms with van der Waals surface area (Å²) in [4.78, 5) is 0. The number of hydrogen-bond acceptors (Lipinski definition) is 1. The van der Waals surface area contributed by atoms with Crippen molar-refractivity contribution in [3.63, 3.8) is 0 Å². The maximum Gasteiger partial charge on any atom is 0.165 e. The molecule has 1 aromatic rings. The van der Waals surface area contributed by atoms with Crippen LogP contribution in [0.2, 0.25) is 0 Å². The van der Waals surface area contributed by atoms with E-state index in [1.54, 1.807) is 18.2 Å². The molecule has 13 heavy (non-hydrogen) atoms. The summed E-state index contributed by atoms with van der Waals surface area (Å²) in [5, 5.41) is 0. The van der Waals surface area contributed by atoms with Crippen molar-refractivity contribution in [1.29, 1.82) is 0 Å². The summed E-state index contributed by atoms with van der Waals surface area (Å²) in [5.74, 6) is 0.952. The van der Waals surface area contributed by atoms with Crippen LogP contribution in [0, 0.1) is 11.7 Å². The third kappa shape index (κ3) is 2.44. The Balaban J connectivity index is 1.82. The Kier molecular flexibility index (Phi) is 2.48. The van der Waals surface area contributed by atoms with Gasteiger partial charge in [-0.05, 0) is 24.5 Å². The lowest BCUT2D eigenvalue weighted by Gasteiger charge is -2.05. The van der Waals surface area contributed by atoms with Crippen molar-refractivity contribution in [2.45, 2.75) is 19.3 Å². The second-order valence-corrected chi connectivity index (χ2v) is 3.51. The molecule has 0 amide bonds. The Morgan fingerprint density at radius 2 is 2.08 bits per heavy atom. The van der Waals surface area contributed by atoms with Gasteiger partial charge < -0.3 is 4.74 Å². The van der Waals surface area contributed by atoms with Crippen molar-refractivity contribution >= 4 is 0 Å². The van der Waals surface area contributed by atoms with Gasteiger partial charge in [0.1, 0.15) is 0 Å². The average molecular weight is 180 g/mol. The fourth-order valence-corrected chi connectivity index (χ4v) is 1.30. The molecule has 0 spiro atoms. The molecule has 0 saturated heterocycles. The van der Waals surface area contributed by atoms with Crippen molar-refractivity contribution in [1.82, 2.24) is 0 Å². The van der Waals surface area contributed by atoms with Crippen LogP contribution in [0.25, 0.3) is 0 Å². The third-order valence-corrected chi connectivity index (χ3v) is 2.32. The summed E-state index contributed by atoms with van der Waals surface area (Å²) >= 11 is 0. The highest BCUT2D eigenvalue weighted by molar-refractivity contribution is 5.23. The molecule has 1 aliphatic rings. The summed E-state index contributed by atoms with van der Waals surface area (Å²) in [6, 6.07) is 6.55. The highest BCUT2D eigenvalue weighted by Gasteiger charge is 2.20. The van der Waals surface area contributed by atoms with Gasteiger partial charge >= 0.3 is 0 Å². The molecule has 1 aliphatic carbocycles. The van der Waals surface area contributed by atoms with E-state index in [4.69, 9.17) is 4.74 Å². The number of para-hydroxylation sites is 1. The lowest BCUT2D eigenvalue weighted by Crippen LogP contribution is -1.99. The minimum Gasteiger partial charge on any atom is -0.491 e. The van der Waals surface area contributed by atoms with Gasteiger partial charge in [-0.15, -0.1) is 0 Å². The largest absolute Gasteiger partial charge is 0.491 e. The summed E-state index contributed by atoms with van der Waals surface area (Å²) in [6.45, 7) is 0.644. The SMILES string of the molecule is Fc1ccccc1OCCC1CC1. The van der Waals surface area contributed by atoms with Gasteiger partial charge in [0.15, 0.2) is 11.6 Å². The second kappa shape index (κ2) is 3.77. The second-order valence-electron chi connectivity index (χ2n) is 3.51. The van der Waals surface area contributed by atoms with Gasteiger partial charge in [0.25, 0.3) is 0 Å². The van der Waals surface area contributed by atoms with E-state index >= 15 is 0 Å². The van der Waals surface area contributed by atoms with E-state index in [2.05, 4.69) is 0 Å². The van der Waals surface area contributed by atoms with Crippen molar-refractivity contribution in [3.05, 3.63) is 30.1 Å². The quantitative estimate of drug-likeness (QED) is 0.692. The maximum absolute atomic E-state index is 13.0. The molecule has 0 bridgehead atoms. The highest BCUT2D eigenvalue weighted by Crippen LogP contribution is 2.32. The molecule has 1 aromatic carbocycles. The van der Waals surface area contributed by atoms with E-state index in [1.165, 1.54) is 18.9 Å². The fourth-order valence-electron chi connectivity index (χ4n) is 1.30. The van der Waals surface area contributed by atoms with E-state index in [-0.39, 0.29) is 5.82 Å². The van der Waals surface area contributed by atoms with Crippen LogP contribution in [0.1, 0.15) is 19.3 Å². The minimum atomic E-state index is -0.265. The number of rotatable bonds is 4. The molecule has 0 atom stereocenters. The Labute approximate surface area is 77.5 Å². The van der Waals surface area contributed by atoms with Crippen LogP contribution in [-0.2, 0) is 0 Å². The standard InChI is InChI=1S/C11H13FO/c12-10-3-1-2-4-11(10)13-8-7-9-5-6-9/h1-4,9H,5-8H2. The monoisotopic (exact) mass is 180 g/mol. The van der Waals surface area contributed by atoms with Crippen LogP contribution >= 0.6 is 0 Å². The summed E-state index contributed by atoms with van der Waals surface area (Å²) < 4.78 is 18.3. The zero-order chi connectivity index (χ0) is 9.10. The molecule has 1 fully saturated rings. The molecular formula is C11H13FO. The molecule has 0 radical (unpaired) electrons. The molecule has 1 nitrogen and oxygen atoms in total. The molecular weight excluding hydrogens is 167 g/mol. The van der Waals surface area contributed by atoms with Gasteiger partial charge in [-0.1, -0.05) is 25.0 Å². The van der Waals surface area contributed by atoms with Crippen LogP contribution in [0.5, 0.6) is 5.75 Å². The van der Waals surface area contributed by atoms with Crippen molar-refractivity contribution in [3.8, 4) is 5.75 Å². The van der Waals surface area contributed by atoms with E-state index < -0.39 is 0 Å². The fraction of sp³-hybridized carbons (Fsp3) is 0.455. The molecule has 0 aromatic heterocycles. The highest BCUT2D eigenvalue weighted by atomic mass is 19.1. The van der Waals surface area contributed by atoms with Gasteiger partial charge in [-0.3, -0.25) is 0 Å². The van der Waals surface area contributed by atoms with E-state index in [0.29, 0.717) is 12.4 Å². The molecule has 0 heterocycles. The van der Waals surface area contributed by atoms with E-state index in [9.17, 15) is 4.39 Å². The molecule has 2 rings (SSSR count). The summed E-state index contributed by atoms with van der Waals surface area (Å²) in [6.07, 6.45) is 3.70. The van der Waals surface area contributed by atoms with Gasteiger partial charge in [-0.2, -0.15) is 0 Å². The van der Waals surface area contributed by atoms with Gasteiger partial charge in [-0.25, -0.2) is 4.39 Å². The Morgan fingerprint density at radius 3 is 2.77 bits per heavy atom. The van der Waals surface area contributed by atoms with Crippen molar-refractivity contribution < 1.29 is 9.13 Å². The first-order valence-electron chi connectivity index (χ1n) is 4.73. The Morgan fingerprint density at radius 1 is 1.31 bits per heavy atom. The average Bonchev–Trinajstić information content (AvgIpc) is 2.92. The third-order valence-electron chi connectivity index (χ3n) is 2.32. The molecule has 70 valence electrons. The van der Waals surface area contributed by atoms with Crippen LogP contribution in [0.15, 0.2) is 24.3 Å². The minimum absolute atomic E-state index is 0.265. The number of halogens is 1. The molecule has 0 aliphatic heterocycles. The predicted molar refractivity (Wildman–Crippen MR) is 49.2 cm³/mol. The van der Waals surface area contributed by atoms with Crippen molar-refractivity contribution in [2.75, 3.05) is 6.61 Å². The van der Waals surface area contributed by atoms with Crippen LogP contribution in [0.3, 0.4) is 0 Å². The zero-order valence-corrected chi connectivity index (χ0v) is 7.50. The maximum atomic E-state index is 13.0. The first-order valence-corrected chi connectivity index (χ1v) is 4.73. The Hall–Kier alpha value is -1.05. The lowest BCUT2D eigenvalue weighted by atomic mass is 10.3. The number of ether oxygens (including phenoxy) is 1. The summed E-state index contributed by atoms with van der Waals surface area (Å²) in [7, 11) is 0.